The van der Waals surface area contributed by atoms with Gasteiger partial charge in [0.25, 0.3) is 5.91 Å². The molecule has 120 valence electrons. The van der Waals surface area contributed by atoms with Gasteiger partial charge in [-0.05, 0) is 30.3 Å². The van der Waals surface area contributed by atoms with Gasteiger partial charge in [-0.2, -0.15) is 5.26 Å². The zero-order valence-electron chi connectivity index (χ0n) is 12.5. The second-order valence-corrected chi connectivity index (χ2v) is 5.50. The number of carbonyl (C=O) groups is 2. The lowest BCUT2D eigenvalue weighted by Crippen LogP contribution is -2.44. The fourth-order valence-corrected chi connectivity index (χ4v) is 2.60. The Morgan fingerprint density at radius 2 is 2.12 bits per heavy atom. The number of nitriles is 1. The zero-order chi connectivity index (χ0) is 17.1. The molecule has 0 radical (unpaired) electrons. The van der Waals surface area contributed by atoms with Gasteiger partial charge in [0.1, 0.15) is 12.3 Å². The first kappa shape index (κ1) is 15.8. The fourth-order valence-electron chi connectivity index (χ4n) is 2.36. The molecular formula is C17H12ClN3O3. The van der Waals surface area contributed by atoms with E-state index >= 15 is 0 Å². The van der Waals surface area contributed by atoms with Crippen LogP contribution in [0.1, 0.15) is 5.56 Å². The van der Waals surface area contributed by atoms with Crippen molar-refractivity contribution >= 4 is 34.8 Å². The summed E-state index contributed by atoms with van der Waals surface area (Å²) in [7, 11) is 0. The second kappa shape index (κ2) is 6.60. The number of nitrogens with zero attached hydrogens (tertiary/aromatic N) is 2. The van der Waals surface area contributed by atoms with Gasteiger partial charge < -0.3 is 10.1 Å². The summed E-state index contributed by atoms with van der Waals surface area (Å²) in [6, 6.07) is 13.6. The Hall–Kier alpha value is -3.04. The minimum Gasteiger partial charge on any atom is -0.482 e. The molecule has 1 N–H and O–H groups in total. The van der Waals surface area contributed by atoms with Crippen LogP contribution in [-0.4, -0.2) is 25.0 Å². The summed E-state index contributed by atoms with van der Waals surface area (Å²) in [5.74, 6) is -0.324. The maximum absolute atomic E-state index is 12.4. The number of carbonyl (C=O) groups excluding carboxylic acids is 2. The van der Waals surface area contributed by atoms with Crippen LogP contribution in [0.25, 0.3) is 0 Å². The van der Waals surface area contributed by atoms with Crippen LogP contribution in [0, 0.1) is 11.3 Å². The Labute approximate surface area is 143 Å². The van der Waals surface area contributed by atoms with Crippen LogP contribution in [0.15, 0.2) is 42.5 Å². The molecule has 1 heterocycles. The lowest BCUT2D eigenvalue weighted by molar-refractivity contribution is -0.123. The quantitative estimate of drug-likeness (QED) is 0.930. The van der Waals surface area contributed by atoms with Crippen molar-refractivity contribution in [2.45, 2.75) is 0 Å². The summed E-state index contributed by atoms with van der Waals surface area (Å²) in [6.07, 6.45) is 0. The van der Waals surface area contributed by atoms with E-state index in [1.807, 2.05) is 6.07 Å². The van der Waals surface area contributed by atoms with Crippen molar-refractivity contribution in [1.29, 1.82) is 5.26 Å². The van der Waals surface area contributed by atoms with Crippen LogP contribution in [0.5, 0.6) is 5.75 Å². The van der Waals surface area contributed by atoms with Gasteiger partial charge in [0, 0.05) is 0 Å². The molecule has 0 fully saturated rings. The number of rotatable bonds is 3. The van der Waals surface area contributed by atoms with E-state index in [-0.39, 0.29) is 30.0 Å². The normalized spacial score (nSPS) is 12.8. The van der Waals surface area contributed by atoms with Crippen LogP contribution in [-0.2, 0) is 9.59 Å². The Morgan fingerprint density at radius 3 is 2.88 bits per heavy atom. The number of hydrogen-bond acceptors (Lipinski definition) is 4. The van der Waals surface area contributed by atoms with Gasteiger partial charge in [-0.3, -0.25) is 14.5 Å². The lowest BCUT2D eigenvalue weighted by atomic mass is 10.2. The molecule has 2 amide bonds. The van der Waals surface area contributed by atoms with Crippen molar-refractivity contribution in [2.75, 3.05) is 23.4 Å². The number of anilines is 2. The van der Waals surface area contributed by atoms with Crippen molar-refractivity contribution in [3.63, 3.8) is 0 Å². The SMILES string of the molecule is N#Cc1ccc(OCC(=O)N2CC(=O)Nc3ccccc32)c(Cl)c1. The highest BCUT2D eigenvalue weighted by Crippen LogP contribution is 2.29. The Balaban J connectivity index is 1.74. The maximum Gasteiger partial charge on any atom is 0.265 e. The highest BCUT2D eigenvalue weighted by molar-refractivity contribution is 6.32. The highest BCUT2D eigenvalue weighted by Gasteiger charge is 2.26. The summed E-state index contributed by atoms with van der Waals surface area (Å²) in [5.41, 5.74) is 1.61. The van der Waals surface area contributed by atoms with Gasteiger partial charge in [-0.15, -0.1) is 0 Å². The first-order valence-electron chi connectivity index (χ1n) is 7.10. The molecule has 1 aliphatic rings. The van der Waals surface area contributed by atoms with Crippen molar-refractivity contribution in [3.05, 3.63) is 53.1 Å². The third kappa shape index (κ3) is 3.16. The smallest absolute Gasteiger partial charge is 0.265 e. The van der Waals surface area contributed by atoms with Crippen molar-refractivity contribution in [3.8, 4) is 11.8 Å². The van der Waals surface area contributed by atoms with Gasteiger partial charge in [0.2, 0.25) is 5.91 Å². The van der Waals surface area contributed by atoms with Crippen LogP contribution in [0.3, 0.4) is 0 Å². The van der Waals surface area contributed by atoms with E-state index in [1.54, 1.807) is 30.3 Å². The van der Waals surface area contributed by atoms with Gasteiger partial charge in [-0.1, -0.05) is 23.7 Å². The summed E-state index contributed by atoms with van der Waals surface area (Å²) in [5, 5.41) is 11.8. The van der Waals surface area contributed by atoms with Gasteiger partial charge in [0.15, 0.2) is 6.61 Å². The molecule has 0 spiro atoms. The van der Waals surface area contributed by atoms with E-state index in [9.17, 15) is 9.59 Å². The molecule has 7 heteroatoms. The molecule has 0 aliphatic carbocycles. The van der Waals surface area contributed by atoms with E-state index in [2.05, 4.69) is 5.32 Å². The average Bonchev–Trinajstić information content (AvgIpc) is 2.59. The van der Waals surface area contributed by atoms with Crippen LogP contribution in [0.2, 0.25) is 5.02 Å². The molecule has 6 nitrogen and oxygen atoms in total. The van der Waals surface area contributed by atoms with Crippen molar-refractivity contribution in [2.24, 2.45) is 0 Å². The monoisotopic (exact) mass is 341 g/mol. The third-order valence-corrected chi connectivity index (χ3v) is 3.78. The van der Waals surface area contributed by atoms with Gasteiger partial charge in [0.05, 0.1) is 28.0 Å². The van der Waals surface area contributed by atoms with E-state index in [0.29, 0.717) is 22.7 Å². The number of ether oxygens (including phenoxy) is 1. The standard InChI is InChI=1S/C17H12ClN3O3/c18-12-7-11(8-19)5-6-15(12)24-10-17(23)21-9-16(22)20-13-3-1-2-4-14(13)21/h1-7H,9-10H2,(H,20,22). The van der Waals surface area contributed by atoms with Gasteiger partial charge >= 0.3 is 0 Å². The maximum atomic E-state index is 12.4. The van der Waals surface area contributed by atoms with Crippen LogP contribution >= 0.6 is 11.6 Å². The number of nitrogens with one attached hydrogen (secondary N) is 1. The summed E-state index contributed by atoms with van der Waals surface area (Å²) >= 11 is 6.02. The number of halogens is 1. The van der Waals surface area contributed by atoms with E-state index in [1.165, 1.54) is 17.0 Å². The van der Waals surface area contributed by atoms with Crippen molar-refractivity contribution in [1.82, 2.24) is 0 Å². The Bertz CT molecular complexity index is 860. The summed E-state index contributed by atoms with van der Waals surface area (Å²) in [6.45, 7) is -0.340. The van der Waals surface area contributed by atoms with E-state index in [0.717, 1.165) is 0 Å². The molecule has 0 saturated heterocycles. The number of hydrogen-bond donors (Lipinski definition) is 1. The highest BCUT2D eigenvalue weighted by atomic mass is 35.5. The van der Waals surface area contributed by atoms with Gasteiger partial charge in [-0.25, -0.2) is 0 Å². The lowest BCUT2D eigenvalue weighted by Gasteiger charge is -2.29. The fraction of sp³-hybridized carbons (Fsp3) is 0.118. The molecule has 24 heavy (non-hydrogen) atoms. The molecule has 1 aliphatic heterocycles. The average molecular weight is 342 g/mol. The third-order valence-electron chi connectivity index (χ3n) is 3.48. The number of fused-ring (bicyclic) bond motifs is 1. The largest absolute Gasteiger partial charge is 0.482 e. The second-order valence-electron chi connectivity index (χ2n) is 5.09. The van der Waals surface area contributed by atoms with E-state index < -0.39 is 0 Å². The zero-order valence-corrected chi connectivity index (χ0v) is 13.2. The molecule has 0 aromatic heterocycles. The predicted octanol–water partition coefficient (Wildman–Crippen LogP) is 2.58. The summed E-state index contributed by atoms with van der Waals surface area (Å²) < 4.78 is 5.44. The topological polar surface area (TPSA) is 82.4 Å². The van der Waals surface area contributed by atoms with Crippen LogP contribution < -0.4 is 15.0 Å². The molecule has 0 atom stereocenters. The minimum absolute atomic E-state index is 0.0691. The predicted molar refractivity (Wildman–Crippen MR) is 89.1 cm³/mol. The number of para-hydroxylation sites is 2. The summed E-state index contributed by atoms with van der Waals surface area (Å²) in [4.78, 5) is 25.5. The number of amides is 2. The number of benzene rings is 2. The molecule has 0 bridgehead atoms. The first-order valence-corrected chi connectivity index (χ1v) is 7.48. The molecular weight excluding hydrogens is 330 g/mol. The minimum atomic E-state index is -0.363. The molecule has 2 aromatic rings. The van der Waals surface area contributed by atoms with Crippen LogP contribution in [0.4, 0.5) is 11.4 Å². The molecule has 3 rings (SSSR count). The Kier molecular flexibility index (Phi) is 4.36. The molecule has 0 saturated carbocycles. The molecule has 2 aromatic carbocycles. The van der Waals surface area contributed by atoms with E-state index in [4.69, 9.17) is 21.6 Å². The Morgan fingerprint density at radius 1 is 1.33 bits per heavy atom. The first-order chi connectivity index (χ1) is 11.6. The van der Waals surface area contributed by atoms with Crippen molar-refractivity contribution < 1.29 is 14.3 Å². The molecule has 0 unspecified atom stereocenters.